The molecule has 2 aromatic carbocycles. The van der Waals surface area contributed by atoms with Crippen LogP contribution in [-0.4, -0.2) is 35.3 Å². The van der Waals surface area contributed by atoms with E-state index in [9.17, 15) is 9.90 Å². The molecule has 6 heteroatoms. The van der Waals surface area contributed by atoms with Crippen molar-refractivity contribution in [3.8, 4) is 17.2 Å². The number of fused-ring (bicyclic) bond motifs is 1. The third-order valence-electron chi connectivity index (χ3n) is 5.55. The van der Waals surface area contributed by atoms with Crippen LogP contribution in [0.3, 0.4) is 0 Å². The van der Waals surface area contributed by atoms with E-state index in [4.69, 9.17) is 13.9 Å². The first-order valence-electron chi connectivity index (χ1n) is 10.6. The molecule has 4 rings (SSSR count). The molecule has 1 aliphatic heterocycles. The zero-order valence-corrected chi connectivity index (χ0v) is 18.7. The van der Waals surface area contributed by atoms with Crippen LogP contribution in [0.2, 0.25) is 0 Å². The number of morpholine rings is 1. The van der Waals surface area contributed by atoms with E-state index in [1.165, 1.54) is 0 Å². The lowest BCUT2D eigenvalue weighted by atomic mass is 10.1. The molecule has 0 amide bonds. The van der Waals surface area contributed by atoms with Gasteiger partial charge in [0.1, 0.15) is 22.8 Å². The molecule has 6 nitrogen and oxygen atoms in total. The van der Waals surface area contributed by atoms with Crippen molar-refractivity contribution in [2.45, 2.75) is 53.4 Å². The van der Waals surface area contributed by atoms with Crippen molar-refractivity contribution < 1.29 is 19.0 Å². The molecule has 0 saturated carbocycles. The maximum Gasteiger partial charge on any atom is 0.235 e. The van der Waals surface area contributed by atoms with E-state index >= 15 is 0 Å². The minimum atomic E-state index is -0.247. The third kappa shape index (κ3) is 4.45. The number of nitrogens with zero attached hydrogens (tertiary/aromatic N) is 1. The second-order valence-electron chi connectivity index (χ2n) is 8.63. The largest absolute Gasteiger partial charge is 0.507 e. The Morgan fingerprint density at radius 1 is 1.06 bits per heavy atom. The summed E-state index contributed by atoms with van der Waals surface area (Å²) in [6.45, 7) is 11.7. The summed E-state index contributed by atoms with van der Waals surface area (Å²) in [7, 11) is 0. The van der Waals surface area contributed by atoms with Gasteiger partial charge in [-0.25, -0.2) is 0 Å². The number of aryl methyl sites for hydroxylation is 3. The van der Waals surface area contributed by atoms with Crippen molar-refractivity contribution in [3.63, 3.8) is 0 Å². The third-order valence-corrected chi connectivity index (χ3v) is 5.55. The van der Waals surface area contributed by atoms with Gasteiger partial charge in [-0.3, -0.25) is 9.69 Å². The van der Waals surface area contributed by atoms with Crippen molar-refractivity contribution in [1.82, 2.24) is 4.90 Å². The maximum absolute atomic E-state index is 13.3. The molecular formula is C25H29NO5. The Balaban J connectivity index is 1.75. The van der Waals surface area contributed by atoms with E-state index in [-0.39, 0.29) is 29.1 Å². The Morgan fingerprint density at radius 3 is 2.35 bits per heavy atom. The number of rotatable bonds is 4. The van der Waals surface area contributed by atoms with Gasteiger partial charge in [-0.05, 0) is 70.0 Å². The van der Waals surface area contributed by atoms with Gasteiger partial charge in [0.25, 0.3) is 0 Å². The molecule has 0 radical (unpaired) electrons. The summed E-state index contributed by atoms with van der Waals surface area (Å²) in [5.74, 6) is 1.27. The summed E-state index contributed by atoms with van der Waals surface area (Å²) in [5.41, 5.74) is 2.87. The normalized spacial score (nSPS) is 19.6. The lowest BCUT2D eigenvalue weighted by Crippen LogP contribution is -2.44. The van der Waals surface area contributed by atoms with Gasteiger partial charge in [-0.15, -0.1) is 0 Å². The Labute approximate surface area is 182 Å². The van der Waals surface area contributed by atoms with E-state index in [1.54, 1.807) is 19.1 Å². The molecule has 2 heterocycles. The number of ether oxygens (including phenoxy) is 2. The topological polar surface area (TPSA) is 72.1 Å². The SMILES string of the molecule is Cc1cc(C)cc(Oc2c(C)oc3c(CN4C[C@@H](C)O[C@@H](C)C4)c(O)ccc3c2=O)c1. The monoisotopic (exact) mass is 423 g/mol. The Hall–Kier alpha value is -2.83. The molecule has 0 aliphatic carbocycles. The highest BCUT2D eigenvalue weighted by atomic mass is 16.5. The van der Waals surface area contributed by atoms with Crippen LogP contribution < -0.4 is 10.2 Å². The van der Waals surface area contributed by atoms with Gasteiger partial charge in [0.15, 0.2) is 0 Å². The number of phenols is 1. The Bertz CT molecular complexity index is 1150. The average molecular weight is 424 g/mol. The van der Waals surface area contributed by atoms with E-state index in [2.05, 4.69) is 4.90 Å². The number of hydrogen-bond donors (Lipinski definition) is 1. The molecule has 2 atom stereocenters. The lowest BCUT2D eigenvalue weighted by Gasteiger charge is -2.35. The molecule has 0 unspecified atom stereocenters. The number of aromatic hydroxyl groups is 1. The molecule has 0 bridgehead atoms. The summed E-state index contributed by atoms with van der Waals surface area (Å²) in [4.78, 5) is 15.5. The van der Waals surface area contributed by atoms with Gasteiger partial charge in [-0.1, -0.05) is 6.07 Å². The fourth-order valence-corrected chi connectivity index (χ4v) is 4.41. The molecule has 3 aromatic rings. The summed E-state index contributed by atoms with van der Waals surface area (Å²) >= 11 is 0. The van der Waals surface area contributed by atoms with Crippen molar-refractivity contribution in [3.05, 3.63) is 63.0 Å². The van der Waals surface area contributed by atoms with Gasteiger partial charge < -0.3 is 19.0 Å². The van der Waals surface area contributed by atoms with Gasteiger partial charge in [0.05, 0.1) is 23.2 Å². The minimum Gasteiger partial charge on any atom is -0.507 e. The molecule has 1 aromatic heterocycles. The maximum atomic E-state index is 13.3. The summed E-state index contributed by atoms with van der Waals surface area (Å²) in [5, 5.41) is 11.0. The van der Waals surface area contributed by atoms with E-state index in [1.807, 2.05) is 45.9 Å². The molecule has 1 N–H and O–H groups in total. The minimum absolute atomic E-state index is 0.104. The summed E-state index contributed by atoms with van der Waals surface area (Å²) < 4.78 is 17.8. The van der Waals surface area contributed by atoms with Crippen LogP contribution in [0.1, 0.15) is 36.3 Å². The first kappa shape index (κ1) is 21.4. The molecule has 0 spiro atoms. The van der Waals surface area contributed by atoms with E-state index in [0.717, 1.165) is 24.2 Å². The number of hydrogen-bond acceptors (Lipinski definition) is 6. The predicted octanol–water partition coefficient (Wildman–Crippen LogP) is 4.83. The molecule has 1 aliphatic rings. The predicted molar refractivity (Wildman–Crippen MR) is 120 cm³/mol. The summed E-state index contributed by atoms with van der Waals surface area (Å²) in [6, 6.07) is 8.97. The van der Waals surface area contributed by atoms with Crippen LogP contribution in [0.25, 0.3) is 11.0 Å². The van der Waals surface area contributed by atoms with Crippen LogP contribution in [0, 0.1) is 20.8 Å². The Morgan fingerprint density at radius 2 is 1.71 bits per heavy atom. The van der Waals surface area contributed by atoms with Gasteiger partial charge in [0.2, 0.25) is 11.2 Å². The van der Waals surface area contributed by atoms with Crippen LogP contribution in [0.4, 0.5) is 0 Å². The van der Waals surface area contributed by atoms with Gasteiger partial charge in [0, 0.05) is 19.6 Å². The zero-order chi connectivity index (χ0) is 22.3. The first-order valence-corrected chi connectivity index (χ1v) is 10.6. The van der Waals surface area contributed by atoms with Gasteiger partial charge >= 0.3 is 0 Å². The van der Waals surface area contributed by atoms with Crippen molar-refractivity contribution in [1.29, 1.82) is 0 Å². The van der Waals surface area contributed by atoms with Crippen LogP contribution in [-0.2, 0) is 11.3 Å². The highest BCUT2D eigenvalue weighted by molar-refractivity contribution is 5.83. The fraction of sp³-hybridized carbons (Fsp3) is 0.400. The van der Waals surface area contributed by atoms with Crippen LogP contribution in [0.5, 0.6) is 17.2 Å². The van der Waals surface area contributed by atoms with Crippen molar-refractivity contribution in [2.75, 3.05) is 13.1 Å². The van der Waals surface area contributed by atoms with Crippen LogP contribution in [0.15, 0.2) is 39.5 Å². The zero-order valence-electron chi connectivity index (χ0n) is 18.7. The highest BCUT2D eigenvalue weighted by Gasteiger charge is 2.25. The average Bonchev–Trinajstić information content (AvgIpc) is 2.66. The molecule has 164 valence electrons. The molecule has 1 saturated heterocycles. The second-order valence-corrected chi connectivity index (χ2v) is 8.63. The van der Waals surface area contributed by atoms with Crippen molar-refractivity contribution >= 4 is 11.0 Å². The Kier molecular flexibility index (Phi) is 5.77. The lowest BCUT2D eigenvalue weighted by molar-refractivity contribution is -0.0705. The van der Waals surface area contributed by atoms with Gasteiger partial charge in [-0.2, -0.15) is 0 Å². The molecule has 31 heavy (non-hydrogen) atoms. The standard InChI is InChI=1S/C25H29NO5/c1-14-8-15(2)10-19(9-14)31-24-18(5)30-25-20(23(24)28)6-7-22(27)21(25)13-26-11-16(3)29-17(4)12-26/h6-10,16-17,27H,11-13H2,1-5H3/t16-,17+. The fourth-order valence-electron chi connectivity index (χ4n) is 4.41. The molecule has 1 fully saturated rings. The number of phenolic OH excluding ortho intramolecular Hbond substituents is 1. The van der Waals surface area contributed by atoms with E-state index in [0.29, 0.717) is 34.6 Å². The quantitative estimate of drug-likeness (QED) is 0.648. The first-order chi connectivity index (χ1) is 14.7. The van der Waals surface area contributed by atoms with Crippen molar-refractivity contribution in [2.24, 2.45) is 0 Å². The number of benzene rings is 2. The highest BCUT2D eigenvalue weighted by Crippen LogP contribution is 2.32. The van der Waals surface area contributed by atoms with Crippen LogP contribution >= 0.6 is 0 Å². The van der Waals surface area contributed by atoms with E-state index < -0.39 is 0 Å². The molecular weight excluding hydrogens is 394 g/mol. The second kappa shape index (κ2) is 8.36. The smallest absolute Gasteiger partial charge is 0.235 e. The summed E-state index contributed by atoms with van der Waals surface area (Å²) in [6.07, 6.45) is 0.208.